The first-order valence-electron chi connectivity index (χ1n) is 9.84. The molecule has 2 aromatic rings. The van der Waals surface area contributed by atoms with Crippen LogP contribution in [-0.4, -0.2) is 23.6 Å². The van der Waals surface area contributed by atoms with Gasteiger partial charge >= 0.3 is 0 Å². The minimum absolute atomic E-state index is 0.627. The van der Waals surface area contributed by atoms with Crippen LogP contribution in [0.5, 0.6) is 5.75 Å². The van der Waals surface area contributed by atoms with Crippen LogP contribution in [-0.2, 0) is 0 Å². The molecule has 0 aliphatic rings. The van der Waals surface area contributed by atoms with Crippen LogP contribution < -0.4 is 10.2 Å². The second-order valence-electron chi connectivity index (χ2n) is 6.23. The van der Waals surface area contributed by atoms with Crippen molar-refractivity contribution in [3.05, 3.63) is 54.4 Å². The zero-order valence-electron chi connectivity index (χ0n) is 16.4. The van der Waals surface area contributed by atoms with E-state index in [0.717, 1.165) is 23.6 Å². The lowest BCUT2D eigenvalue weighted by Crippen LogP contribution is -2.20. The Hall–Kier alpha value is -2.69. The topological polar surface area (TPSA) is 58.9 Å². The first kappa shape index (κ1) is 20.6. The number of nitrogens with zero attached hydrogens (tertiary/aromatic N) is 3. The van der Waals surface area contributed by atoms with Crippen LogP contribution in [0.4, 0.5) is 5.69 Å². The van der Waals surface area contributed by atoms with Crippen molar-refractivity contribution in [2.45, 2.75) is 52.4 Å². The lowest BCUT2D eigenvalue weighted by atomic mass is 10.1. The third kappa shape index (κ3) is 8.03. The van der Waals surface area contributed by atoms with E-state index in [1.165, 1.54) is 32.1 Å². The Morgan fingerprint density at radius 3 is 2.56 bits per heavy atom. The van der Waals surface area contributed by atoms with Crippen LogP contribution >= 0.6 is 0 Å². The Morgan fingerprint density at radius 2 is 1.85 bits per heavy atom. The molecule has 1 aromatic carbocycles. The molecule has 0 radical (unpaired) electrons. The first-order valence-corrected chi connectivity index (χ1v) is 9.84. The largest absolute Gasteiger partial charge is 0.494 e. The van der Waals surface area contributed by atoms with Gasteiger partial charge in [-0.1, -0.05) is 38.7 Å². The maximum absolute atomic E-state index is 5.48. The second-order valence-corrected chi connectivity index (χ2v) is 6.23. The Labute approximate surface area is 162 Å². The summed E-state index contributed by atoms with van der Waals surface area (Å²) in [5.74, 6) is 1.46. The van der Waals surface area contributed by atoms with Crippen LogP contribution in [0.3, 0.4) is 0 Å². The van der Waals surface area contributed by atoms with Gasteiger partial charge < -0.3 is 4.74 Å². The number of nitrogens with one attached hydrogen (secondary N) is 1. The highest BCUT2D eigenvalue weighted by molar-refractivity contribution is 5.98. The number of pyridine rings is 1. The van der Waals surface area contributed by atoms with Crippen molar-refractivity contribution in [1.29, 1.82) is 0 Å². The van der Waals surface area contributed by atoms with Crippen LogP contribution in [0.1, 0.15) is 58.1 Å². The maximum Gasteiger partial charge on any atom is 0.172 e. The molecule has 27 heavy (non-hydrogen) atoms. The molecule has 0 aliphatic heterocycles. The van der Waals surface area contributed by atoms with E-state index >= 15 is 0 Å². The summed E-state index contributed by atoms with van der Waals surface area (Å²) < 4.78 is 5.48. The van der Waals surface area contributed by atoms with Gasteiger partial charge in [0.25, 0.3) is 0 Å². The molecular weight excluding hydrogens is 336 g/mol. The number of rotatable bonds is 11. The molecule has 0 bridgehead atoms. The summed E-state index contributed by atoms with van der Waals surface area (Å²) in [6, 6.07) is 13.4. The van der Waals surface area contributed by atoms with Crippen molar-refractivity contribution >= 4 is 17.7 Å². The van der Waals surface area contributed by atoms with Gasteiger partial charge in [0.1, 0.15) is 11.4 Å². The van der Waals surface area contributed by atoms with Gasteiger partial charge in [0, 0.05) is 12.4 Å². The number of aliphatic imine (C=N–C) groups is 1. The van der Waals surface area contributed by atoms with Crippen molar-refractivity contribution in [2.75, 3.05) is 6.61 Å². The lowest BCUT2D eigenvalue weighted by Gasteiger charge is -2.06. The summed E-state index contributed by atoms with van der Waals surface area (Å²) in [5, 5.41) is 4.34. The van der Waals surface area contributed by atoms with Crippen molar-refractivity contribution < 1.29 is 4.74 Å². The van der Waals surface area contributed by atoms with Gasteiger partial charge in [-0.15, -0.1) is 0 Å². The predicted octanol–water partition coefficient (Wildman–Crippen LogP) is 5.49. The van der Waals surface area contributed by atoms with E-state index in [2.05, 4.69) is 27.4 Å². The molecule has 5 nitrogen and oxygen atoms in total. The van der Waals surface area contributed by atoms with E-state index in [-0.39, 0.29) is 0 Å². The van der Waals surface area contributed by atoms with Crippen molar-refractivity contribution in [3.63, 3.8) is 0 Å². The highest BCUT2D eigenvalue weighted by atomic mass is 16.5. The molecule has 0 saturated heterocycles. The minimum atomic E-state index is 0.627. The van der Waals surface area contributed by atoms with E-state index in [4.69, 9.17) is 4.74 Å². The van der Waals surface area contributed by atoms with E-state index < -0.39 is 0 Å². The Balaban J connectivity index is 1.99. The molecule has 0 unspecified atom stereocenters. The van der Waals surface area contributed by atoms with E-state index in [1.807, 2.05) is 55.6 Å². The summed E-state index contributed by atoms with van der Waals surface area (Å²) in [5.41, 5.74) is 4.63. The van der Waals surface area contributed by atoms with Crippen LogP contribution in [0.2, 0.25) is 0 Å². The predicted molar refractivity (Wildman–Crippen MR) is 113 cm³/mol. The van der Waals surface area contributed by atoms with E-state index in [1.54, 1.807) is 6.20 Å². The maximum atomic E-state index is 5.48. The van der Waals surface area contributed by atoms with Gasteiger partial charge in [0.05, 0.1) is 12.3 Å². The van der Waals surface area contributed by atoms with E-state index in [9.17, 15) is 0 Å². The monoisotopic (exact) mass is 366 g/mol. The summed E-state index contributed by atoms with van der Waals surface area (Å²) in [6.07, 6.45) is 10.9. The standard InChI is InChI=1S/C22H30N4O/c1-3-5-6-7-8-10-18-24-26-22(21-12-9-11-17-23-21)25-19-13-15-20(16-14-19)27-4-2/h9,11-18H,3-8,10H2,1-2H3,(H,25,26). The van der Waals surface area contributed by atoms with Gasteiger partial charge in [-0.05, 0) is 56.2 Å². The highest BCUT2D eigenvalue weighted by Crippen LogP contribution is 2.18. The molecule has 0 aliphatic carbocycles. The zero-order chi connectivity index (χ0) is 19.2. The van der Waals surface area contributed by atoms with Crippen molar-refractivity contribution in [2.24, 2.45) is 10.1 Å². The normalized spacial score (nSPS) is 11.7. The highest BCUT2D eigenvalue weighted by Gasteiger charge is 2.04. The Kier molecular flexibility index (Phi) is 9.64. The van der Waals surface area contributed by atoms with Gasteiger partial charge in [0.2, 0.25) is 0 Å². The fourth-order valence-corrected chi connectivity index (χ4v) is 2.57. The molecule has 0 fully saturated rings. The molecule has 0 atom stereocenters. The molecule has 1 heterocycles. The quantitative estimate of drug-likeness (QED) is 0.247. The SMILES string of the molecule is CCCCCCCC=NNC(=Nc1ccc(OCC)cc1)c1ccccn1. The smallest absolute Gasteiger partial charge is 0.172 e. The molecule has 144 valence electrons. The number of benzene rings is 1. The van der Waals surface area contributed by atoms with Gasteiger partial charge in [-0.25, -0.2) is 4.99 Å². The molecule has 0 saturated carbocycles. The summed E-state index contributed by atoms with van der Waals surface area (Å²) in [6.45, 7) is 4.85. The number of hydrogen-bond donors (Lipinski definition) is 1. The molecule has 2 rings (SSSR count). The third-order valence-corrected chi connectivity index (χ3v) is 3.99. The Morgan fingerprint density at radius 1 is 1.04 bits per heavy atom. The molecule has 5 heteroatoms. The van der Waals surface area contributed by atoms with Crippen molar-refractivity contribution in [3.8, 4) is 5.75 Å². The number of amidine groups is 1. The van der Waals surface area contributed by atoms with Crippen LogP contribution in [0.25, 0.3) is 0 Å². The average molecular weight is 367 g/mol. The molecular formula is C22H30N4O. The Bertz CT molecular complexity index is 696. The summed E-state index contributed by atoms with van der Waals surface area (Å²) in [4.78, 5) is 9.04. The third-order valence-electron chi connectivity index (χ3n) is 3.99. The van der Waals surface area contributed by atoms with Crippen molar-refractivity contribution in [1.82, 2.24) is 10.4 Å². The molecule has 1 aromatic heterocycles. The van der Waals surface area contributed by atoms with Crippen LogP contribution in [0.15, 0.2) is 58.8 Å². The molecule has 0 spiro atoms. The minimum Gasteiger partial charge on any atom is -0.494 e. The average Bonchev–Trinajstić information content (AvgIpc) is 2.71. The van der Waals surface area contributed by atoms with Gasteiger partial charge in [-0.2, -0.15) is 5.10 Å². The number of hydrazone groups is 1. The fraction of sp³-hybridized carbons (Fsp3) is 0.409. The number of aromatic nitrogens is 1. The summed E-state index contributed by atoms with van der Waals surface area (Å²) in [7, 11) is 0. The molecule has 1 N–H and O–H groups in total. The fourth-order valence-electron chi connectivity index (χ4n) is 2.57. The lowest BCUT2D eigenvalue weighted by molar-refractivity contribution is 0.340. The number of hydrogen-bond acceptors (Lipinski definition) is 4. The van der Waals surface area contributed by atoms with Crippen LogP contribution in [0, 0.1) is 0 Å². The summed E-state index contributed by atoms with van der Waals surface area (Å²) >= 11 is 0. The van der Waals surface area contributed by atoms with Gasteiger partial charge in [0.15, 0.2) is 5.84 Å². The second kappa shape index (κ2) is 12.6. The number of ether oxygens (including phenoxy) is 1. The van der Waals surface area contributed by atoms with Gasteiger partial charge in [-0.3, -0.25) is 10.4 Å². The number of unbranched alkanes of at least 4 members (excludes halogenated alkanes) is 5. The molecule has 0 amide bonds. The van der Waals surface area contributed by atoms with E-state index in [0.29, 0.717) is 12.4 Å². The first-order chi connectivity index (χ1) is 13.3. The zero-order valence-corrected chi connectivity index (χ0v) is 16.4.